The van der Waals surface area contributed by atoms with Crippen molar-refractivity contribution >= 4 is 27.8 Å². The second-order valence-corrected chi connectivity index (χ2v) is 5.00. The van der Waals surface area contributed by atoms with Crippen LogP contribution in [-0.2, 0) is 9.53 Å². The van der Waals surface area contributed by atoms with Crippen LogP contribution in [0.2, 0.25) is 0 Å². The summed E-state index contributed by atoms with van der Waals surface area (Å²) < 4.78 is 5.46. The molecule has 0 radical (unpaired) electrons. The van der Waals surface area contributed by atoms with Gasteiger partial charge in [0.25, 0.3) is 5.91 Å². The van der Waals surface area contributed by atoms with Crippen molar-refractivity contribution in [1.29, 1.82) is 0 Å². The van der Waals surface area contributed by atoms with Crippen LogP contribution < -0.4 is 5.32 Å². The molecule has 1 heterocycles. The number of benzene rings is 1. The van der Waals surface area contributed by atoms with Gasteiger partial charge in [0.15, 0.2) is 6.04 Å². The molecule has 21 heavy (non-hydrogen) atoms. The number of hydrogen-bond donors (Lipinski definition) is 1. The van der Waals surface area contributed by atoms with E-state index in [0.717, 1.165) is 4.47 Å². The average Bonchev–Trinajstić information content (AvgIpc) is 2.52. The molecule has 2 rings (SSSR count). The predicted octanol–water partition coefficient (Wildman–Crippen LogP) is 1.88. The number of carbonyl (C=O) groups is 2. The summed E-state index contributed by atoms with van der Waals surface area (Å²) in [5, 5.41) is 10.1. The molecule has 2 aromatic rings. The van der Waals surface area contributed by atoms with Gasteiger partial charge in [-0.25, -0.2) is 4.79 Å². The molecule has 6 nitrogen and oxygen atoms in total. The second-order valence-electron chi connectivity index (χ2n) is 4.09. The minimum Gasteiger partial charge on any atom is -0.467 e. The molecule has 0 bridgehead atoms. The molecule has 0 aliphatic rings. The van der Waals surface area contributed by atoms with Gasteiger partial charge in [-0.1, -0.05) is 22.0 Å². The molecule has 1 aromatic carbocycles. The molecular formula is C14H12BrN3O3. The largest absolute Gasteiger partial charge is 0.467 e. The van der Waals surface area contributed by atoms with Crippen molar-refractivity contribution in [2.45, 2.75) is 6.04 Å². The van der Waals surface area contributed by atoms with Crippen LogP contribution >= 0.6 is 15.9 Å². The summed E-state index contributed by atoms with van der Waals surface area (Å²) in [5.41, 5.74) is 0.731. The maximum atomic E-state index is 12.2. The van der Waals surface area contributed by atoms with Gasteiger partial charge < -0.3 is 10.1 Å². The minimum atomic E-state index is -1.00. The average molecular weight is 350 g/mol. The van der Waals surface area contributed by atoms with Crippen molar-refractivity contribution in [3.8, 4) is 0 Å². The van der Waals surface area contributed by atoms with Crippen molar-refractivity contribution in [1.82, 2.24) is 15.5 Å². The molecule has 0 saturated carbocycles. The molecule has 108 valence electrons. The molecule has 0 saturated heterocycles. The summed E-state index contributed by atoms with van der Waals surface area (Å²) in [6.45, 7) is 0. The third kappa shape index (κ3) is 3.85. The highest BCUT2D eigenvalue weighted by atomic mass is 79.9. The Balaban J connectivity index is 2.23. The summed E-state index contributed by atoms with van der Waals surface area (Å²) in [7, 11) is 1.25. The number of nitrogens with one attached hydrogen (secondary N) is 1. The van der Waals surface area contributed by atoms with Crippen LogP contribution in [0.3, 0.4) is 0 Å². The number of ether oxygens (including phenoxy) is 1. The first kappa shape index (κ1) is 15.1. The van der Waals surface area contributed by atoms with Gasteiger partial charge in [0.2, 0.25) is 0 Å². The lowest BCUT2D eigenvalue weighted by Gasteiger charge is -2.15. The van der Waals surface area contributed by atoms with Crippen LogP contribution in [0.4, 0.5) is 0 Å². The van der Waals surface area contributed by atoms with Crippen LogP contribution in [0.5, 0.6) is 0 Å². The van der Waals surface area contributed by atoms with E-state index >= 15 is 0 Å². The molecule has 1 aromatic heterocycles. The Bertz CT molecular complexity index is 649. The number of esters is 1. The summed E-state index contributed by atoms with van der Waals surface area (Å²) in [4.78, 5) is 24.0. The number of halogens is 1. The fourth-order valence-electron chi connectivity index (χ4n) is 1.68. The fraction of sp³-hybridized carbons (Fsp3) is 0.143. The summed E-state index contributed by atoms with van der Waals surface area (Å²) >= 11 is 3.29. The lowest BCUT2D eigenvalue weighted by molar-refractivity contribution is -0.143. The van der Waals surface area contributed by atoms with E-state index in [1.165, 1.54) is 13.3 Å². The summed E-state index contributed by atoms with van der Waals surface area (Å²) in [6, 6.07) is 9.05. The monoisotopic (exact) mass is 349 g/mol. The van der Waals surface area contributed by atoms with Gasteiger partial charge >= 0.3 is 5.97 Å². The molecule has 0 fully saturated rings. The number of methoxy groups -OCH3 is 1. The van der Waals surface area contributed by atoms with Crippen LogP contribution in [0.1, 0.15) is 22.1 Å². The normalized spacial score (nSPS) is 11.5. The molecular weight excluding hydrogens is 338 g/mol. The number of hydrogen-bond acceptors (Lipinski definition) is 5. The summed E-state index contributed by atoms with van der Waals surface area (Å²) in [6.07, 6.45) is 1.48. The number of aromatic nitrogens is 2. The Labute approximate surface area is 129 Å². The van der Waals surface area contributed by atoms with E-state index in [-0.39, 0.29) is 0 Å². The molecule has 0 spiro atoms. The Hall–Kier alpha value is -2.28. The van der Waals surface area contributed by atoms with E-state index in [1.54, 1.807) is 36.4 Å². The van der Waals surface area contributed by atoms with Gasteiger partial charge in [-0.3, -0.25) is 4.79 Å². The number of nitrogens with zero attached hydrogens (tertiary/aromatic N) is 2. The zero-order chi connectivity index (χ0) is 15.2. The number of carbonyl (C=O) groups excluding carboxylic acids is 2. The molecule has 0 aliphatic carbocycles. The van der Waals surface area contributed by atoms with Crippen LogP contribution in [0.15, 0.2) is 47.1 Å². The van der Waals surface area contributed by atoms with Crippen LogP contribution in [0.25, 0.3) is 0 Å². The third-order valence-corrected chi connectivity index (χ3v) is 3.18. The fourth-order valence-corrected chi connectivity index (χ4v) is 2.08. The zero-order valence-electron chi connectivity index (χ0n) is 11.1. The van der Waals surface area contributed by atoms with Crippen molar-refractivity contribution in [3.63, 3.8) is 0 Å². The van der Waals surface area contributed by atoms with Crippen molar-refractivity contribution in [2.24, 2.45) is 0 Å². The SMILES string of the molecule is COC(=O)C(NC(=O)c1cccc(Br)c1)c1cccnn1. The van der Waals surface area contributed by atoms with Gasteiger partial charge in [0.1, 0.15) is 0 Å². The van der Waals surface area contributed by atoms with Gasteiger partial charge in [0.05, 0.1) is 12.8 Å². The Morgan fingerprint density at radius 3 is 2.71 bits per heavy atom. The molecule has 0 aliphatic heterocycles. The maximum absolute atomic E-state index is 12.2. The van der Waals surface area contributed by atoms with Gasteiger partial charge in [-0.05, 0) is 30.3 Å². The quantitative estimate of drug-likeness (QED) is 0.852. The van der Waals surface area contributed by atoms with Crippen molar-refractivity contribution < 1.29 is 14.3 Å². The predicted molar refractivity (Wildman–Crippen MR) is 78.4 cm³/mol. The van der Waals surface area contributed by atoms with Gasteiger partial charge in [-0.15, -0.1) is 0 Å². The number of amides is 1. The highest BCUT2D eigenvalue weighted by Crippen LogP contribution is 2.15. The first-order valence-corrected chi connectivity index (χ1v) is 6.83. The van der Waals surface area contributed by atoms with E-state index in [4.69, 9.17) is 4.74 Å². The second kappa shape index (κ2) is 6.94. The van der Waals surface area contributed by atoms with E-state index in [2.05, 4.69) is 31.4 Å². The maximum Gasteiger partial charge on any atom is 0.334 e. The molecule has 1 unspecified atom stereocenters. The Kier molecular flexibility index (Phi) is 4.99. The van der Waals surface area contributed by atoms with Crippen LogP contribution in [0, 0.1) is 0 Å². The molecule has 1 N–H and O–H groups in total. The first-order chi connectivity index (χ1) is 10.1. The Morgan fingerprint density at radius 1 is 1.29 bits per heavy atom. The standard InChI is InChI=1S/C14H12BrN3O3/c1-21-14(20)12(11-6-3-7-16-18-11)17-13(19)9-4-2-5-10(15)8-9/h2-8,12H,1H3,(H,17,19). The van der Waals surface area contributed by atoms with E-state index < -0.39 is 17.9 Å². The smallest absolute Gasteiger partial charge is 0.334 e. The Morgan fingerprint density at radius 2 is 2.10 bits per heavy atom. The highest BCUT2D eigenvalue weighted by molar-refractivity contribution is 9.10. The minimum absolute atomic E-state index is 0.313. The van der Waals surface area contributed by atoms with Crippen molar-refractivity contribution in [3.05, 3.63) is 58.3 Å². The zero-order valence-corrected chi connectivity index (χ0v) is 12.7. The lowest BCUT2D eigenvalue weighted by atomic mass is 10.1. The van der Waals surface area contributed by atoms with E-state index in [0.29, 0.717) is 11.3 Å². The van der Waals surface area contributed by atoms with E-state index in [9.17, 15) is 9.59 Å². The number of rotatable bonds is 4. The van der Waals surface area contributed by atoms with Gasteiger partial charge in [0, 0.05) is 16.2 Å². The molecule has 1 amide bonds. The lowest BCUT2D eigenvalue weighted by Crippen LogP contribution is -2.35. The molecule has 1 atom stereocenters. The topological polar surface area (TPSA) is 81.2 Å². The van der Waals surface area contributed by atoms with Gasteiger partial charge in [-0.2, -0.15) is 10.2 Å². The van der Waals surface area contributed by atoms with Crippen molar-refractivity contribution in [2.75, 3.05) is 7.11 Å². The highest BCUT2D eigenvalue weighted by Gasteiger charge is 2.25. The van der Waals surface area contributed by atoms with Crippen LogP contribution in [-0.4, -0.2) is 29.2 Å². The summed E-state index contributed by atoms with van der Waals surface area (Å²) in [5.74, 6) is -1.02. The van der Waals surface area contributed by atoms with E-state index in [1.807, 2.05) is 0 Å². The first-order valence-electron chi connectivity index (χ1n) is 6.03. The third-order valence-electron chi connectivity index (χ3n) is 2.69. The molecule has 7 heteroatoms.